The Hall–Kier alpha value is -1.76. The molecule has 0 saturated heterocycles. The highest BCUT2D eigenvalue weighted by Crippen LogP contribution is 2.29. The third-order valence-corrected chi connectivity index (χ3v) is 2.22. The smallest absolute Gasteiger partial charge is 0.132 e. The van der Waals surface area contributed by atoms with Gasteiger partial charge in [0.05, 0.1) is 0 Å². The summed E-state index contributed by atoms with van der Waals surface area (Å²) in [6, 6.07) is 18.3. The van der Waals surface area contributed by atoms with Crippen molar-refractivity contribution in [2.24, 2.45) is 0 Å². The molecule has 0 atom stereocenters. The Bertz CT molecular complexity index is 420. The summed E-state index contributed by atoms with van der Waals surface area (Å²) in [5, 5.41) is 0. The molecular weight excluding hydrogens is 184 g/mol. The van der Waals surface area contributed by atoms with E-state index in [9.17, 15) is 0 Å². The summed E-state index contributed by atoms with van der Waals surface area (Å²) in [4.78, 5) is 0. The molecule has 15 heavy (non-hydrogen) atoms. The van der Waals surface area contributed by atoms with Crippen LogP contribution in [0.15, 0.2) is 54.6 Å². The van der Waals surface area contributed by atoms with Crippen LogP contribution in [-0.4, -0.2) is 0 Å². The number of hydrogen-bond donors (Lipinski definition) is 0. The van der Waals surface area contributed by atoms with Crippen molar-refractivity contribution in [3.8, 4) is 16.9 Å². The number of ether oxygens (including phenoxy) is 1. The maximum absolute atomic E-state index is 5.47. The van der Waals surface area contributed by atoms with E-state index in [4.69, 9.17) is 4.74 Å². The summed E-state index contributed by atoms with van der Waals surface area (Å²) in [5.41, 5.74) is 2.30. The molecule has 1 nitrogen and oxygen atoms in total. The van der Waals surface area contributed by atoms with E-state index >= 15 is 0 Å². The predicted molar refractivity (Wildman–Crippen MR) is 62.5 cm³/mol. The van der Waals surface area contributed by atoms with Crippen LogP contribution < -0.4 is 4.74 Å². The average molecular weight is 197 g/mol. The van der Waals surface area contributed by atoms with E-state index in [2.05, 4.69) is 18.2 Å². The summed E-state index contributed by atoms with van der Waals surface area (Å²) in [7, 11) is 0. The molecular formula is C14H13O. The summed E-state index contributed by atoms with van der Waals surface area (Å²) in [6.07, 6.45) is 0. The van der Waals surface area contributed by atoms with Crippen molar-refractivity contribution in [1.29, 1.82) is 0 Å². The van der Waals surface area contributed by atoms with Crippen molar-refractivity contribution in [2.75, 3.05) is 0 Å². The van der Waals surface area contributed by atoms with Crippen LogP contribution >= 0.6 is 0 Å². The van der Waals surface area contributed by atoms with Crippen LogP contribution in [0.2, 0.25) is 0 Å². The van der Waals surface area contributed by atoms with Crippen LogP contribution in [-0.2, 0) is 0 Å². The van der Waals surface area contributed by atoms with Gasteiger partial charge in [0.15, 0.2) is 0 Å². The quantitative estimate of drug-likeness (QED) is 0.724. The number of hydrogen-bond acceptors (Lipinski definition) is 1. The Labute approximate surface area is 90.3 Å². The maximum atomic E-state index is 5.47. The van der Waals surface area contributed by atoms with Gasteiger partial charge in [-0.2, -0.15) is 0 Å². The van der Waals surface area contributed by atoms with E-state index in [0.717, 1.165) is 11.3 Å². The van der Waals surface area contributed by atoms with Gasteiger partial charge in [0, 0.05) is 5.56 Å². The summed E-state index contributed by atoms with van der Waals surface area (Å²) < 4.78 is 5.47. The molecule has 2 rings (SSSR count). The Kier molecular flexibility index (Phi) is 3.03. The molecule has 1 heteroatoms. The fourth-order valence-electron chi connectivity index (χ4n) is 1.55. The number of para-hydroxylation sites is 1. The third-order valence-electron chi connectivity index (χ3n) is 2.22. The van der Waals surface area contributed by atoms with Gasteiger partial charge >= 0.3 is 0 Å². The lowest BCUT2D eigenvalue weighted by Gasteiger charge is -2.09. The molecule has 0 aliphatic rings. The van der Waals surface area contributed by atoms with Gasteiger partial charge in [-0.1, -0.05) is 48.5 Å². The highest BCUT2D eigenvalue weighted by Gasteiger charge is 2.03. The first-order valence-corrected chi connectivity index (χ1v) is 5.01. The maximum Gasteiger partial charge on any atom is 0.132 e. The van der Waals surface area contributed by atoms with Crippen molar-refractivity contribution in [3.63, 3.8) is 0 Å². The molecule has 2 aromatic carbocycles. The lowest BCUT2D eigenvalue weighted by Crippen LogP contribution is -1.88. The minimum absolute atomic E-state index is 0.895. The van der Waals surface area contributed by atoms with Gasteiger partial charge in [-0.25, -0.2) is 0 Å². The zero-order valence-electron chi connectivity index (χ0n) is 8.68. The minimum Gasteiger partial charge on any atom is -0.486 e. The highest BCUT2D eigenvalue weighted by molar-refractivity contribution is 5.70. The molecule has 0 aliphatic heterocycles. The number of rotatable bonds is 3. The van der Waals surface area contributed by atoms with E-state index in [0.29, 0.717) is 0 Å². The molecule has 1 radical (unpaired) electrons. The van der Waals surface area contributed by atoms with Gasteiger partial charge in [-0.15, -0.1) is 0 Å². The Balaban J connectivity index is 2.43. The first-order valence-electron chi connectivity index (χ1n) is 5.01. The Morgan fingerprint density at radius 2 is 1.53 bits per heavy atom. The van der Waals surface area contributed by atoms with Gasteiger partial charge in [-0.05, 0) is 18.6 Å². The molecule has 0 bridgehead atoms. The van der Waals surface area contributed by atoms with Crippen molar-refractivity contribution >= 4 is 0 Å². The van der Waals surface area contributed by atoms with E-state index in [1.54, 1.807) is 6.61 Å². The summed E-state index contributed by atoms with van der Waals surface area (Å²) >= 11 is 0. The van der Waals surface area contributed by atoms with Gasteiger partial charge in [0.1, 0.15) is 12.4 Å². The molecule has 0 saturated carbocycles. The van der Waals surface area contributed by atoms with Gasteiger partial charge < -0.3 is 4.74 Å². The Morgan fingerprint density at radius 1 is 0.867 bits per heavy atom. The molecule has 0 fully saturated rings. The van der Waals surface area contributed by atoms with E-state index in [1.807, 2.05) is 43.3 Å². The largest absolute Gasteiger partial charge is 0.486 e. The predicted octanol–water partition coefficient (Wildman–Crippen LogP) is 3.91. The van der Waals surface area contributed by atoms with E-state index in [1.165, 1.54) is 5.56 Å². The second kappa shape index (κ2) is 4.65. The second-order valence-corrected chi connectivity index (χ2v) is 3.22. The molecule has 0 spiro atoms. The molecule has 0 aliphatic carbocycles. The molecule has 2 aromatic rings. The fraction of sp³-hybridized carbons (Fsp3) is 0.0714. The molecule has 0 aromatic heterocycles. The first-order chi connectivity index (χ1) is 7.42. The topological polar surface area (TPSA) is 9.23 Å². The standard InChI is InChI=1S/C14H13O/c1-2-15-14-11-7-6-10-13(14)12-8-4-3-5-9-12/h2-11H,1H3. The van der Waals surface area contributed by atoms with Crippen molar-refractivity contribution in [1.82, 2.24) is 0 Å². The fourth-order valence-corrected chi connectivity index (χ4v) is 1.55. The van der Waals surface area contributed by atoms with Gasteiger partial charge in [0.2, 0.25) is 0 Å². The van der Waals surface area contributed by atoms with Crippen LogP contribution in [0.25, 0.3) is 11.1 Å². The van der Waals surface area contributed by atoms with Crippen LogP contribution in [0.4, 0.5) is 0 Å². The normalized spacial score (nSPS) is 9.93. The zero-order valence-corrected chi connectivity index (χ0v) is 8.68. The summed E-state index contributed by atoms with van der Waals surface area (Å²) in [6.45, 7) is 3.57. The van der Waals surface area contributed by atoms with E-state index < -0.39 is 0 Å². The van der Waals surface area contributed by atoms with Crippen LogP contribution in [0, 0.1) is 6.61 Å². The van der Waals surface area contributed by atoms with E-state index in [-0.39, 0.29) is 0 Å². The van der Waals surface area contributed by atoms with Crippen molar-refractivity contribution in [3.05, 3.63) is 61.2 Å². The molecule has 75 valence electrons. The van der Waals surface area contributed by atoms with Crippen LogP contribution in [0.1, 0.15) is 6.92 Å². The summed E-state index contributed by atoms with van der Waals surface area (Å²) in [5.74, 6) is 0.895. The van der Waals surface area contributed by atoms with Gasteiger partial charge in [0.25, 0.3) is 0 Å². The molecule has 0 unspecified atom stereocenters. The monoisotopic (exact) mass is 197 g/mol. The lowest BCUT2D eigenvalue weighted by atomic mass is 10.1. The van der Waals surface area contributed by atoms with Crippen LogP contribution in [0.5, 0.6) is 5.75 Å². The van der Waals surface area contributed by atoms with Crippen LogP contribution in [0.3, 0.4) is 0 Å². The molecule has 0 amide bonds. The Morgan fingerprint density at radius 3 is 2.27 bits per heavy atom. The van der Waals surface area contributed by atoms with Crippen molar-refractivity contribution in [2.45, 2.75) is 6.92 Å². The molecule has 0 N–H and O–H groups in total. The minimum atomic E-state index is 0.895. The second-order valence-electron chi connectivity index (χ2n) is 3.22. The lowest BCUT2D eigenvalue weighted by molar-refractivity contribution is 0.418. The van der Waals surface area contributed by atoms with Gasteiger partial charge in [-0.3, -0.25) is 0 Å². The third kappa shape index (κ3) is 2.18. The SMILES string of the molecule is C[CH]Oc1ccccc1-c1ccccc1. The highest BCUT2D eigenvalue weighted by atomic mass is 16.5. The molecule has 0 heterocycles. The average Bonchev–Trinajstić information content (AvgIpc) is 2.31. The first kappa shape index (κ1) is 9.78. The zero-order chi connectivity index (χ0) is 10.5. The van der Waals surface area contributed by atoms with Crippen molar-refractivity contribution < 1.29 is 4.74 Å². The number of benzene rings is 2.